The van der Waals surface area contributed by atoms with E-state index in [1.807, 2.05) is 30.3 Å². The van der Waals surface area contributed by atoms with Crippen LogP contribution in [0.1, 0.15) is 64.7 Å². The minimum Gasteiger partial charge on any atom is -0.466 e. The van der Waals surface area contributed by atoms with Crippen LogP contribution < -0.4 is 4.90 Å². The third-order valence-corrected chi connectivity index (χ3v) is 4.07. The summed E-state index contributed by atoms with van der Waals surface area (Å²) in [7, 11) is 1.72. The van der Waals surface area contributed by atoms with E-state index in [4.69, 9.17) is 4.74 Å². The Kier molecular flexibility index (Phi) is 10.6. The number of para-hydroxylation sites is 1. The van der Waals surface area contributed by atoms with Gasteiger partial charge in [-0.3, -0.25) is 9.59 Å². The zero-order valence-corrected chi connectivity index (χ0v) is 15.1. The first kappa shape index (κ1) is 20.2. The fourth-order valence-corrected chi connectivity index (χ4v) is 2.49. The van der Waals surface area contributed by atoms with Crippen LogP contribution in [-0.2, 0) is 14.3 Å². The van der Waals surface area contributed by atoms with E-state index in [1.165, 1.54) is 32.1 Å². The molecule has 1 aromatic rings. The molecule has 134 valence electrons. The Morgan fingerprint density at radius 3 is 2.21 bits per heavy atom. The van der Waals surface area contributed by atoms with Crippen molar-refractivity contribution in [2.24, 2.45) is 0 Å². The van der Waals surface area contributed by atoms with E-state index in [9.17, 15) is 9.59 Å². The molecule has 0 atom stereocenters. The van der Waals surface area contributed by atoms with Gasteiger partial charge in [-0.2, -0.15) is 0 Å². The molecule has 0 aliphatic carbocycles. The van der Waals surface area contributed by atoms with Gasteiger partial charge in [0.05, 0.1) is 13.0 Å². The van der Waals surface area contributed by atoms with Crippen LogP contribution in [-0.4, -0.2) is 25.5 Å². The number of hydrogen-bond acceptors (Lipinski definition) is 3. The lowest BCUT2D eigenvalue weighted by molar-refractivity contribution is -0.144. The van der Waals surface area contributed by atoms with E-state index in [0.29, 0.717) is 6.61 Å². The summed E-state index contributed by atoms with van der Waals surface area (Å²) in [5, 5.41) is 0. The maximum atomic E-state index is 12.1. The number of rotatable bonds is 12. The zero-order chi connectivity index (χ0) is 17.6. The van der Waals surface area contributed by atoms with E-state index in [1.54, 1.807) is 11.9 Å². The van der Waals surface area contributed by atoms with Crippen molar-refractivity contribution in [3.8, 4) is 0 Å². The summed E-state index contributed by atoms with van der Waals surface area (Å²) in [6, 6.07) is 9.42. The predicted octanol–water partition coefficient (Wildman–Crippen LogP) is 4.72. The predicted molar refractivity (Wildman–Crippen MR) is 98.0 cm³/mol. The molecule has 0 saturated carbocycles. The summed E-state index contributed by atoms with van der Waals surface area (Å²) in [5.41, 5.74) is 0.832. The Balaban J connectivity index is 2.08. The largest absolute Gasteiger partial charge is 0.466 e. The van der Waals surface area contributed by atoms with Gasteiger partial charge in [0.1, 0.15) is 0 Å². The number of carbonyl (C=O) groups excluding carboxylic acids is 2. The number of ether oxygens (including phenoxy) is 1. The molecule has 0 saturated heterocycles. The van der Waals surface area contributed by atoms with Crippen molar-refractivity contribution in [1.82, 2.24) is 0 Å². The second-order valence-electron chi connectivity index (χ2n) is 6.13. The number of unbranched alkanes of at least 4 members (excludes halogenated alkanes) is 6. The highest BCUT2D eigenvalue weighted by Gasteiger charge is 2.13. The molecule has 0 aliphatic heterocycles. The van der Waals surface area contributed by atoms with Crippen LogP contribution in [0.5, 0.6) is 0 Å². The fraction of sp³-hybridized carbons (Fsp3) is 0.600. The Morgan fingerprint density at radius 1 is 0.917 bits per heavy atom. The smallest absolute Gasteiger partial charge is 0.306 e. The minimum absolute atomic E-state index is 0.0749. The van der Waals surface area contributed by atoms with Gasteiger partial charge in [0, 0.05) is 19.2 Å². The lowest BCUT2D eigenvalue weighted by atomic mass is 10.1. The molecule has 0 bridgehead atoms. The summed E-state index contributed by atoms with van der Waals surface area (Å²) in [5.74, 6) is -0.357. The summed E-state index contributed by atoms with van der Waals surface area (Å²) in [6.45, 7) is 2.68. The van der Waals surface area contributed by atoms with Crippen LogP contribution in [0.15, 0.2) is 30.3 Å². The topological polar surface area (TPSA) is 46.6 Å². The van der Waals surface area contributed by atoms with Crippen molar-refractivity contribution < 1.29 is 14.3 Å². The van der Waals surface area contributed by atoms with Crippen molar-refractivity contribution >= 4 is 17.6 Å². The number of amides is 1. The average molecular weight is 333 g/mol. The van der Waals surface area contributed by atoms with Crippen LogP contribution in [0.3, 0.4) is 0 Å². The fourth-order valence-electron chi connectivity index (χ4n) is 2.49. The Bertz CT molecular complexity index is 473. The highest BCUT2D eigenvalue weighted by molar-refractivity contribution is 5.94. The van der Waals surface area contributed by atoms with Gasteiger partial charge in [-0.25, -0.2) is 0 Å². The quantitative estimate of drug-likeness (QED) is 0.410. The monoisotopic (exact) mass is 333 g/mol. The molecule has 4 nitrogen and oxygen atoms in total. The van der Waals surface area contributed by atoms with Crippen molar-refractivity contribution in [3.05, 3.63) is 30.3 Å². The van der Waals surface area contributed by atoms with E-state index in [-0.39, 0.29) is 24.7 Å². The standard InChI is InChI=1S/C20H31NO3/c1-3-4-5-6-7-8-12-17-24-20(23)16-15-19(22)21(2)18-13-10-9-11-14-18/h9-11,13-14H,3-8,12,15-17H2,1-2H3. The third-order valence-electron chi connectivity index (χ3n) is 4.07. The molecule has 0 aromatic heterocycles. The molecule has 1 amide bonds. The van der Waals surface area contributed by atoms with Crippen LogP contribution in [0, 0.1) is 0 Å². The molecule has 0 aliphatic rings. The van der Waals surface area contributed by atoms with Crippen LogP contribution in [0.25, 0.3) is 0 Å². The van der Waals surface area contributed by atoms with E-state index < -0.39 is 0 Å². The lowest BCUT2D eigenvalue weighted by Gasteiger charge is -2.16. The van der Waals surface area contributed by atoms with Gasteiger partial charge in [0.2, 0.25) is 5.91 Å². The van der Waals surface area contributed by atoms with E-state index in [2.05, 4.69) is 6.92 Å². The minimum atomic E-state index is -0.282. The summed E-state index contributed by atoms with van der Waals surface area (Å²) in [6.07, 6.45) is 8.68. The summed E-state index contributed by atoms with van der Waals surface area (Å²) >= 11 is 0. The van der Waals surface area contributed by atoms with Crippen molar-refractivity contribution in [2.45, 2.75) is 64.7 Å². The number of hydrogen-bond donors (Lipinski definition) is 0. The maximum Gasteiger partial charge on any atom is 0.306 e. The first-order valence-corrected chi connectivity index (χ1v) is 9.12. The Morgan fingerprint density at radius 2 is 1.54 bits per heavy atom. The molecule has 0 fully saturated rings. The molecular formula is C20H31NO3. The molecular weight excluding hydrogens is 302 g/mol. The van der Waals surface area contributed by atoms with Crippen molar-refractivity contribution in [2.75, 3.05) is 18.6 Å². The van der Waals surface area contributed by atoms with Gasteiger partial charge < -0.3 is 9.64 Å². The molecule has 1 rings (SSSR count). The highest BCUT2D eigenvalue weighted by atomic mass is 16.5. The van der Waals surface area contributed by atoms with E-state index >= 15 is 0 Å². The van der Waals surface area contributed by atoms with Crippen LogP contribution in [0.2, 0.25) is 0 Å². The number of benzene rings is 1. The normalized spacial score (nSPS) is 10.4. The molecule has 0 heterocycles. The van der Waals surface area contributed by atoms with Crippen LogP contribution in [0.4, 0.5) is 5.69 Å². The third kappa shape index (κ3) is 8.70. The maximum absolute atomic E-state index is 12.1. The number of carbonyl (C=O) groups is 2. The molecule has 0 unspecified atom stereocenters. The molecule has 24 heavy (non-hydrogen) atoms. The average Bonchev–Trinajstić information content (AvgIpc) is 2.62. The van der Waals surface area contributed by atoms with Gasteiger partial charge in [0.25, 0.3) is 0 Å². The number of anilines is 1. The van der Waals surface area contributed by atoms with Gasteiger partial charge in [-0.1, -0.05) is 63.6 Å². The first-order chi connectivity index (χ1) is 11.6. The second-order valence-corrected chi connectivity index (χ2v) is 6.13. The highest BCUT2D eigenvalue weighted by Crippen LogP contribution is 2.13. The molecule has 0 N–H and O–H groups in total. The van der Waals surface area contributed by atoms with Crippen LogP contribution >= 0.6 is 0 Å². The second kappa shape index (κ2) is 12.6. The molecule has 0 radical (unpaired) electrons. The first-order valence-electron chi connectivity index (χ1n) is 9.12. The van der Waals surface area contributed by atoms with Crippen molar-refractivity contribution in [1.29, 1.82) is 0 Å². The number of nitrogens with zero attached hydrogens (tertiary/aromatic N) is 1. The summed E-state index contributed by atoms with van der Waals surface area (Å²) in [4.78, 5) is 25.3. The van der Waals surface area contributed by atoms with Gasteiger partial charge >= 0.3 is 5.97 Å². The number of esters is 1. The van der Waals surface area contributed by atoms with Gasteiger partial charge in [-0.15, -0.1) is 0 Å². The summed E-state index contributed by atoms with van der Waals surface area (Å²) < 4.78 is 5.20. The Labute approximate surface area is 146 Å². The molecule has 4 heteroatoms. The molecule has 0 spiro atoms. The van der Waals surface area contributed by atoms with Gasteiger partial charge in [0.15, 0.2) is 0 Å². The Hall–Kier alpha value is -1.84. The van der Waals surface area contributed by atoms with Crippen molar-refractivity contribution in [3.63, 3.8) is 0 Å². The zero-order valence-electron chi connectivity index (χ0n) is 15.1. The SMILES string of the molecule is CCCCCCCCCOC(=O)CCC(=O)N(C)c1ccccc1. The van der Waals surface area contributed by atoms with Gasteiger partial charge in [-0.05, 0) is 18.6 Å². The lowest BCUT2D eigenvalue weighted by Crippen LogP contribution is -2.26. The molecule has 1 aromatic carbocycles. The van der Waals surface area contributed by atoms with E-state index in [0.717, 1.165) is 18.5 Å².